The first-order valence-electron chi connectivity index (χ1n) is 6.34. The first-order chi connectivity index (χ1) is 8.40. The van der Waals surface area contributed by atoms with Crippen LogP contribution in [0.15, 0.2) is 24.3 Å². The van der Waals surface area contributed by atoms with Crippen molar-refractivity contribution in [2.45, 2.75) is 44.9 Å². The number of ether oxygens (including phenoxy) is 1. The van der Waals surface area contributed by atoms with Gasteiger partial charge in [-0.3, -0.25) is 4.84 Å². The summed E-state index contributed by atoms with van der Waals surface area (Å²) in [5.74, 6) is 0. The Morgan fingerprint density at radius 2 is 1.88 bits per heavy atom. The van der Waals surface area contributed by atoms with Crippen LogP contribution in [0.25, 0.3) is 0 Å². The zero-order chi connectivity index (χ0) is 11.9. The van der Waals surface area contributed by atoms with E-state index in [0.29, 0.717) is 12.7 Å². The van der Waals surface area contributed by atoms with Crippen molar-refractivity contribution in [3.63, 3.8) is 0 Å². The Bertz CT molecular complexity index is 335. The van der Waals surface area contributed by atoms with E-state index in [0.717, 1.165) is 6.54 Å². The van der Waals surface area contributed by atoms with E-state index in [9.17, 15) is 0 Å². The second kappa shape index (κ2) is 6.74. The minimum Gasteiger partial charge on any atom is -0.380 e. The zero-order valence-electron chi connectivity index (χ0n) is 10.4. The lowest BCUT2D eigenvalue weighted by atomic mass is 10.1. The van der Waals surface area contributed by atoms with Crippen LogP contribution < -0.4 is 5.48 Å². The maximum Gasteiger partial charge on any atom is 0.0790 e. The topological polar surface area (TPSA) is 30.5 Å². The second-order valence-electron chi connectivity index (χ2n) is 4.55. The molecule has 1 saturated carbocycles. The van der Waals surface area contributed by atoms with Crippen molar-refractivity contribution < 1.29 is 9.57 Å². The van der Waals surface area contributed by atoms with E-state index in [1.807, 2.05) is 12.1 Å². The number of hydrogen-bond donors (Lipinski definition) is 1. The molecule has 1 N–H and O–H groups in total. The van der Waals surface area contributed by atoms with E-state index in [1.165, 1.54) is 36.8 Å². The second-order valence-corrected chi connectivity index (χ2v) is 4.55. The molecule has 3 heteroatoms. The van der Waals surface area contributed by atoms with Crippen molar-refractivity contribution in [2.75, 3.05) is 7.11 Å². The molecular weight excluding hydrogens is 214 g/mol. The van der Waals surface area contributed by atoms with E-state index >= 15 is 0 Å². The van der Waals surface area contributed by atoms with Crippen molar-refractivity contribution in [1.82, 2.24) is 5.48 Å². The number of hydroxylamine groups is 1. The van der Waals surface area contributed by atoms with Gasteiger partial charge in [0.05, 0.1) is 12.7 Å². The van der Waals surface area contributed by atoms with Crippen molar-refractivity contribution in [1.29, 1.82) is 0 Å². The summed E-state index contributed by atoms with van der Waals surface area (Å²) in [6.45, 7) is 1.40. The number of hydrogen-bond acceptors (Lipinski definition) is 3. The average molecular weight is 235 g/mol. The summed E-state index contributed by atoms with van der Waals surface area (Å²) in [7, 11) is 1.72. The molecule has 0 radical (unpaired) electrons. The lowest BCUT2D eigenvalue weighted by Crippen LogP contribution is -2.21. The van der Waals surface area contributed by atoms with E-state index in [2.05, 4.69) is 17.6 Å². The Morgan fingerprint density at radius 3 is 2.59 bits per heavy atom. The Labute approximate surface area is 103 Å². The number of benzene rings is 1. The maximum absolute atomic E-state index is 5.65. The van der Waals surface area contributed by atoms with Crippen LogP contribution >= 0.6 is 0 Å². The summed E-state index contributed by atoms with van der Waals surface area (Å²) in [6, 6.07) is 8.29. The smallest absolute Gasteiger partial charge is 0.0790 e. The number of rotatable bonds is 6. The molecule has 0 aromatic heterocycles. The van der Waals surface area contributed by atoms with E-state index in [-0.39, 0.29) is 0 Å². The summed E-state index contributed by atoms with van der Waals surface area (Å²) in [6.07, 6.45) is 5.38. The molecule has 1 aliphatic carbocycles. The molecule has 17 heavy (non-hydrogen) atoms. The molecular formula is C14H21NO2. The highest BCUT2D eigenvalue weighted by Crippen LogP contribution is 2.20. The van der Waals surface area contributed by atoms with Gasteiger partial charge in [-0.1, -0.05) is 37.1 Å². The van der Waals surface area contributed by atoms with Crippen LogP contribution in [0.3, 0.4) is 0 Å². The minimum absolute atomic E-state index is 0.407. The van der Waals surface area contributed by atoms with Gasteiger partial charge in [0.2, 0.25) is 0 Å². The van der Waals surface area contributed by atoms with Gasteiger partial charge in [0.1, 0.15) is 0 Å². The lowest BCUT2D eigenvalue weighted by molar-refractivity contribution is -0.0246. The third-order valence-electron chi connectivity index (χ3n) is 3.23. The molecule has 0 spiro atoms. The van der Waals surface area contributed by atoms with Crippen LogP contribution in [0.1, 0.15) is 36.8 Å². The van der Waals surface area contributed by atoms with Gasteiger partial charge in [-0.05, 0) is 24.0 Å². The van der Waals surface area contributed by atoms with Gasteiger partial charge in [-0.15, -0.1) is 0 Å². The van der Waals surface area contributed by atoms with Crippen molar-refractivity contribution >= 4 is 0 Å². The van der Waals surface area contributed by atoms with Gasteiger partial charge in [-0.2, -0.15) is 5.48 Å². The molecule has 0 bridgehead atoms. The monoisotopic (exact) mass is 235 g/mol. The first kappa shape index (κ1) is 12.6. The highest BCUT2D eigenvalue weighted by atomic mass is 16.7. The minimum atomic E-state index is 0.407. The van der Waals surface area contributed by atoms with Crippen molar-refractivity contribution in [3.05, 3.63) is 35.4 Å². The predicted octanol–water partition coefficient (Wildman–Crippen LogP) is 2.80. The molecule has 0 unspecified atom stereocenters. The van der Waals surface area contributed by atoms with Crippen LogP contribution in [-0.2, 0) is 22.7 Å². The normalized spacial score (nSPS) is 16.5. The van der Waals surface area contributed by atoms with Gasteiger partial charge in [0.15, 0.2) is 0 Å². The molecule has 0 atom stereocenters. The van der Waals surface area contributed by atoms with Crippen LogP contribution in [0.4, 0.5) is 0 Å². The van der Waals surface area contributed by atoms with E-state index < -0.39 is 0 Å². The predicted molar refractivity (Wildman–Crippen MR) is 67.3 cm³/mol. The molecule has 1 aromatic rings. The molecule has 94 valence electrons. The molecule has 1 aliphatic rings. The summed E-state index contributed by atoms with van der Waals surface area (Å²) in [4.78, 5) is 5.65. The fourth-order valence-corrected chi connectivity index (χ4v) is 2.27. The van der Waals surface area contributed by atoms with Gasteiger partial charge in [-0.25, -0.2) is 0 Å². The molecule has 1 aromatic carbocycles. The lowest BCUT2D eigenvalue weighted by Gasteiger charge is -2.13. The van der Waals surface area contributed by atoms with E-state index in [1.54, 1.807) is 7.11 Å². The van der Waals surface area contributed by atoms with Gasteiger partial charge < -0.3 is 4.74 Å². The Balaban J connectivity index is 1.80. The Hall–Kier alpha value is -0.900. The van der Waals surface area contributed by atoms with Crippen LogP contribution in [-0.4, -0.2) is 13.2 Å². The zero-order valence-corrected chi connectivity index (χ0v) is 10.4. The summed E-state index contributed by atoms with van der Waals surface area (Å²) >= 11 is 0. The fraction of sp³-hybridized carbons (Fsp3) is 0.571. The molecule has 0 heterocycles. The molecule has 0 aliphatic heterocycles. The average Bonchev–Trinajstić information content (AvgIpc) is 2.85. The quantitative estimate of drug-likeness (QED) is 0.769. The van der Waals surface area contributed by atoms with Crippen molar-refractivity contribution in [2.24, 2.45) is 0 Å². The fourth-order valence-electron chi connectivity index (χ4n) is 2.27. The SMILES string of the molecule is COCc1ccccc1CNOC1CCCC1. The largest absolute Gasteiger partial charge is 0.380 e. The highest BCUT2D eigenvalue weighted by Gasteiger charge is 2.15. The molecule has 0 amide bonds. The van der Waals surface area contributed by atoms with Gasteiger partial charge >= 0.3 is 0 Å². The van der Waals surface area contributed by atoms with Crippen LogP contribution in [0.2, 0.25) is 0 Å². The number of nitrogens with one attached hydrogen (secondary N) is 1. The third kappa shape index (κ3) is 3.80. The highest BCUT2D eigenvalue weighted by molar-refractivity contribution is 5.26. The third-order valence-corrected chi connectivity index (χ3v) is 3.23. The number of methoxy groups -OCH3 is 1. The Kier molecular flexibility index (Phi) is 4.98. The molecule has 1 fully saturated rings. The Morgan fingerprint density at radius 1 is 1.18 bits per heavy atom. The molecule has 2 rings (SSSR count). The summed E-state index contributed by atoms with van der Waals surface area (Å²) < 4.78 is 5.18. The first-order valence-corrected chi connectivity index (χ1v) is 6.34. The van der Waals surface area contributed by atoms with Gasteiger partial charge in [0.25, 0.3) is 0 Å². The van der Waals surface area contributed by atoms with Crippen LogP contribution in [0, 0.1) is 0 Å². The standard InChI is InChI=1S/C14H21NO2/c1-16-11-13-7-3-2-6-12(13)10-15-17-14-8-4-5-9-14/h2-3,6-7,14-15H,4-5,8-11H2,1H3. The van der Waals surface area contributed by atoms with Crippen LogP contribution in [0.5, 0.6) is 0 Å². The maximum atomic E-state index is 5.65. The van der Waals surface area contributed by atoms with Crippen molar-refractivity contribution in [3.8, 4) is 0 Å². The molecule has 0 saturated heterocycles. The van der Waals surface area contributed by atoms with E-state index in [4.69, 9.17) is 9.57 Å². The summed E-state index contributed by atoms with van der Waals surface area (Å²) in [5, 5.41) is 0. The van der Waals surface area contributed by atoms with Gasteiger partial charge in [0, 0.05) is 13.7 Å². The molecule has 3 nitrogen and oxygen atoms in total. The summed E-state index contributed by atoms with van der Waals surface area (Å²) in [5.41, 5.74) is 5.55.